The Morgan fingerprint density at radius 2 is 2.10 bits per heavy atom. The van der Waals surface area contributed by atoms with Crippen molar-refractivity contribution in [3.63, 3.8) is 0 Å². The molecule has 0 aliphatic rings. The molecule has 8 heteroatoms. The first kappa shape index (κ1) is 20.3. The van der Waals surface area contributed by atoms with Gasteiger partial charge in [0.1, 0.15) is 29.5 Å². The van der Waals surface area contributed by atoms with Crippen LogP contribution in [-0.2, 0) is 31.4 Å². The van der Waals surface area contributed by atoms with Crippen molar-refractivity contribution in [1.29, 1.82) is 0 Å². The van der Waals surface area contributed by atoms with E-state index in [1.807, 2.05) is 49.6 Å². The van der Waals surface area contributed by atoms with Crippen LogP contribution in [0, 0.1) is 3.57 Å². The van der Waals surface area contributed by atoms with Crippen LogP contribution in [0.4, 0.5) is 5.82 Å². The van der Waals surface area contributed by atoms with Crippen molar-refractivity contribution >= 4 is 45.3 Å². The number of hydrogen-bond donors (Lipinski definition) is 2. The highest BCUT2D eigenvalue weighted by Gasteiger charge is 2.12. The van der Waals surface area contributed by atoms with Crippen molar-refractivity contribution in [3.8, 4) is 5.75 Å². The summed E-state index contributed by atoms with van der Waals surface area (Å²) in [4.78, 5) is 11.1. The van der Waals surface area contributed by atoms with Crippen molar-refractivity contribution in [2.75, 3.05) is 5.32 Å². The Hall–Kier alpha value is -3.01. The van der Waals surface area contributed by atoms with E-state index in [9.17, 15) is 4.79 Å². The van der Waals surface area contributed by atoms with Crippen molar-refractivity contribution in [1.82, 2.24) is 9.78 Å². The highest BCUT2D eigenvalue weighted by Crippen LogP contribution is 2.28. The number of aryl methyl sites for hydroxylation is 1. The van der Waals surface area contributed by atoms with E-state index in [2.05, 4.69) is 33.0 Å². The molecule has 2 heterocycles. The molecular formula is C22H20IN3O4. The summed E-state index contributed by atoms with van der Waals surface area (Å²) in [5.41, 5.74) is 2.48. The smallest absolute Gasteiger partial charge is 0.307 e. The first-order valence-electron chi connectivity index (χ1n) is 9.35. The van der Waals surface area contributed by atoms with Gasteiger partial charge in [0.15, 0.2) is 0 Å². The minimum atomic E-state index is -0.882. The Bertz CT molecular complexity index is 1200. The molecule has 4 aromatic rings. The molecule has 0 unspecified atom stereocenters. The molecule has 2 aromatic carbocycles. The summed E-state index contributed by atoms with van der Waals surface area (Å²) in [5, 5.41) is 17.6. The van der Waals surface area contributed by atoms with Crippen LogP contribution in [0.2, 0.25) is 0 Å². The normalized spacial score (nSPS) is 11.0. The van der Waals surface area contributed by atoms with E-state index in [1.165, 1.54) is 0 Å². The van der Waals surface area contributed by atoms with Crippen LogP contribution in [0.1, 0.15) is 16.9 Å². The van der Waals surface area contributed by atoms with Crippen LogP contribution in [0.25, 0.3) is 11.0 Å². The van der Waals surface area contributed by atoms with Gasteiger partial charge in [-0.3, -0.25) is 9.48 Å². The molecule has 154 valence electrons. The predicted octanol–water partition coefficient (Wildman–Crippen LogP) is 4.59. The molecule has 0 saturated carbocycles. The Kier molecular flexibility index (Phi) is 5.93. The summed E-state index contributed by atoms with van der Waals surface area (Å²) in [5.74, 6) is 1.31. The number of aliphatic carboxylic acids is 1. The number of rotatable bonds is 8. The number of aromatic nitrogens is 2. The van der Waals surface area contributed by atoms with Gasteiger partial charge in [0, 0.05) is 30.3 Å². The number of nitrogens with one attached hydrogen (secondary N) is 1. The molecule has 0 aliphatic carbocycles. The predicted molar refractivity (Wildman–Crippen MR) is 122 cm³/mol. The number of furan rings is 1. The van der Waals surface area contributed by atoms with E-state index in [0.717, 1.165) is 31.7 Å². The maximum absolute atomic E-state index is 11.1. The van der Waals surface area contributed by atoms with Crippen LogP contribution in [-0.4, -0.2) is 20.9 Å². The summed E-state index contributed by atoms with van der Waals surface area (Å²) in [7, 11) is 1.87. The second-order valence-corrected chi connectivity index (χ2v) is 8.07. The highest BCUT2D eigenvalue weighted by atomic mass is 127. The van der Waals surface area contributed by atoms with Gasteiger partial charge in [0.25, 0.3) is 0 Å². The molecule has 30 heavy (non-hydrogen) atoms. The molecule has 0 aliphatic heterocycles. The molecule has 2 aromatic heterocycles. The van der Waals surface area contributed by atoms with Crippen molar-refractivity contribution in [2.45, 2.75) is 19.6 Å². The Balaban J connectivity index is 1.48. The molecule has 7 nitrogen and oxygen atoms in total. The third kappa shape index (κ3) is 4.76. The van der Waals surface area contributed by atoms with Crippen LogP contribution < -0.4 is 10.1 Å². The maximum atomic E-state index is 11.1. The SMILES string of the molecule is Cn1ccc(NCc2cc3cc(COc4ccccc4CC(=O)O)cc(I)c3o2)n1. The Morgan fingerprint density at radius 1 is 1.27 bits per heavy atom. The van der Waals surface area contributed by atoms with E-state index in [1.54, 1.807) is 16.8 Å². The lowest BCUT2D eigenvalue weighted by molar-refractivity contribution is -0.136. The summed E-state index contributed by atoms with van der Waals surface area (Å²) in [6.45, 7) is 0.880. The zero-order valence-corrected chi connectivity index (χ0v) is 18.4. The van der Waals surface area contributed by atoms with E-state index in [0.29, 0.717) is 24.5 Å². The lowest BCUT2D eigenvalue weighted by atomic mass is 10.1. The number of fused-ring (bicyclic) bond motifs is 1. The Morgan fingerprint density at radius 3 is 2.87 bits per heavy atom. The van der Waals surface area contributed by atoms with E-state index >= 15 is 0 Å². The van der Waals surface area contributed by atoms with Crippen molar-refractivity contribution in [2.24, 2.45) is 7.05 Å². The minimum absolute atomic E-state index is 0.0683. The Labute approximate surface area is 186 Å². The lowest BCUT2D eigenvalue weighted by Gasteiger charge is -2.10. The second-order valence-electron chi connectivity index (χ2n) is 6.90. The molecule has 0 atom stereocenters. The van der Waals surface area contributed by atoms with Crippen molar-refractivity contribution in [3.05, 3.63) is 75.2 Å². The molecule has 2 N–H and O–H groups in total. The molecule has 0 spiro atoms. The fourth-order valence-corrected chi connectivity index (χ4v) is 4.02. The van der Waals surface area contributed by atoms with Crippen molar-refractivity contribution < 1.29 is 19.1 Å². The van der Waals surface area contributed by atoms with Gasteiger partial charge < -0.3 is 19.6 Å². The lowest BCUT2D eigenvalue weighted by Crippen LogP contribution is -2.04. The monoisotopic (exact) mass is 517 g/mol. The number of para-hydroxylation sites is 1. The van der Waals surface area contributed by atoms with Crippen LogP contribution in [0.3, 0.4) is 0 Å². The molecule has 0 radical (unpaired) electrons. The zero-order chi connectivity index (χ0) is 21.1. The fourth-order valence-electron chi connectivity index (χ4n) is 3.19. The third-order valence-corrected chi connectivity index (χ3v) is 5.35. The number of ether oxygens (including phenoxy) is 1. The first-order valence-corrected chi connectivity index (χ1v) is 10.4. The standard InChI is InChI=1S/C22H20IN3O4/c1-26-7-6-20(25-26)24-12-17-10-16-8-14(9-18(23)22(16)30-17)13-29-19-5-3-2-4-15(19)11-21(27)28/h2-10H,11-13H2,1H3,(H,24,25)(H,27,28). The summed E-state index contributed by atoms with van der Waals surface area (Å²) >= 11 is 2.25. The number of nitrogens with zero attached hydrogens (tertiary/aromatic N) is 2. The quantitative estimate of drug-likeness (QED) is 0.333. The molecule has 0 fully saturated rings. The second kappa shape index (κ2) is 8.78. The molecule has 4 rings (SSSR count). The van der Waals surface area contributed by atoms with Gasteiger partial charge in [-0.15, -0.1) is 0 Å². The molecular weight excluding hydrogens is 497 g/mol. The van der Waals surface area contributed by atoms with Crippen LogP contribution in [0.15, 0.2) is 59.1 Å². The van der Waals surface area contributed by atoms with E-state index < -0.39 is 5.97 Å². The topological polar surface area (TPSA) is 89.5 Å². The van der Waals surface area contributed by atoms with Crippen LogP contribution in [0.5, 0.6) is 5.75 Å². The summed E-state index contributed by atoms with van der Waals surface area (Å²) in [6.07, 6.45) is 1.81. The first-order chi connectivity index (χ1) is 14.5. The highest BCUT2D eigenvalue weighted by molar-refractivity contribution is 14.1. The zero-order valence-electron chi connectivity index (χ0n) is 16.3. The van der Waals surface area contributed by atoms with E-state index in [4.69, 9.17) is 14.3 Å². The number of carboxylic acids is 1. The van der Waals surface area contributed by atoms with Gasteiger partial charge >= 0.3 is 5.97 Å². The number of carboxylic acid groups (broad SMARTS) is 1. The largest absolute Gasteiger partial charge is 0.489 e. The van der Waals surface area contributed by atoms with Gasteiger partial charge in [-0.2, -0.15) is 5.10 Å². The van der Waals surface area contributed by atoms with Gasteiger partial charge in [-0.1, -0.05) is 18.2 Å². The number of halogens is 1. The molecule has 0 amide bonds. The van der Waals surface area contributed by atoms with Gasteiger partial charge in [-0.25, -0.2) is 0 Å². The number of anilines is 1. The fraction of sp³-hybridized carbons (Fsp3) is 0.182. The third-order valence-electron chi connectivity index (χ3n) is 4.55. The maximum Gasteiger partial charge on any atom is 0.307 e. The number of benzene rings is 2. The van der Waals surface area contributed by atoms with Gasteiger partial charge in [-0.05, 0) is 52.4 Å². The number of carbonyl (C=O) groups is 1. The summed E-state index contributed by atoms with van der Waals surface area (Å²) in [6, 6.07) is 15.2. The van der Waals surface area contributed by atoms with Crippen LogP contribution >= 0.6 is 22.6 Å². The average molecular weight is 517 g/mol. The van der Waals surface area contributed by atoms with E-state index in [-0.39, 0.29) is 6.42 Å². The van der Waals surface area contributed by atoms with Gasteiger partial charge in [0.05, 0.1) is 16.5 Å². The summed E-state index contributed by atoms with van der Waals surface area (Å²) < 4.78 is 14.7. The molecule has 0 saturated heterocycles. The van der Waals surface area contributed by atoms with Gasteiger partial charge in [0.2, 0.25) is 0 Å². The average Bonchev–Trinajstić information content (AvgIpc) is 3.31. The number of hydrogen-bond acceptors (Lipinski definition) is 5. The minimum Gasteiger partial charge on any atom is -0.489 e. The molecule has 0 bridgehead atoms.